The zero-order chi connectivity index (χ0) is 18.0. The molecule has 0 saturated carbocycles. The second-order valence-electron chi connectivity index (χ2n) is 5.46. The quantitative estimate of drug-likeness (QED) is 0.752. The molecule has 0 unspecified atom stereocenters. The van der Waals surface area contributed by atoms with Crippen molar-refractivity contribution in [2.75, 3.05) is 5.32 Å². The summed E-state index contributed by atoms with van der Waals surface area (Å²) in [6, 6.07) is 13.1. The summed E-state index contributed by atoms with van der Waals surface area (Å²) >= 11 is 5.91. The van der Waals surface area contributed by atoms with E-state index in [2.05, 4.69) is 5.32 Å². The first-order chi connectivity index (χ1) is 12.0. The maximum Gasteiger partial charge on any atom is 0.255 e. The molecule has 0 aliphatic rings. The fourth-order valence-corrected chi connectivity index (χ4v) is 2.75. The second-order valence-corrected chi connectivity index (χ2v) is 5.87. The predicted octanol–water partition coefficient (Wildman–Crippen LogP) is 3.31. The Morgan fingerprint density at radius 3 is 2.84 bits per heavy atom. The van der Waals surface area contributed by atoms with Crippen molar-refractivity contribution in [1.29, 1.82) is 5.26 Å². The molecule has 0 saturated heterocycles. The lowest BCUT2D eigenvalue weighted by molar-refractivity contribution is -0.124. The summed E-state index contributed by atoms with van der Waals surface area (Å²) in [7, 11) is 0. The highest BCUT2D eigenvalue weighted by molar-refractivity contribution is 6.32. The Bertz CT molecular complexity index is 994. The molecule has 0 spiro atoms. The number of rotatable bonds is 4. The van der Waals surface area contributed by atoms with E-state index in [1.807, 2.05) is 6.07 Å². The number of para-hydroxylation sites is 1. The van der Waals surface area contributed by atoms with Crippen molar-refractivity contribution in [2.45, 2.75) is 12.6 Å². The highest BCUT2D eigenvalue weighted by Crippen LogP contribution is 2.22. The molecule has 3 rings (SSSR count). The Morgan fingerprint density at radius 1 is 1.36 bits per heavy atom. The van der Waals surface area contributed by atoms with E-state index in [1.165, 1.54) is 29.0 Å². The molecule has 1 atom stereocenters. The Hall–Kier alpha value is -2.88. The first kappa shape index (κ1) is 17.0. The zero-order valence-corrected chi connectivity index (χ0v) is 13.7. The first-order valence-electron chi connectivity index (χ1n) is 7.41. The molecule has 7 heteroatoms. The Labute approximate surface area is 147 Å². The third-order valence-corrected chi connectivity index (χ3v) is 4.08. The maximum absolute atomic E-state index is 13.9. The summed E-state index contributed by atoms with van der Waals surface area (Å²) in [5.74, 6) is -1.07. The van der Waals surface area contributed by atoms with E-state index in [-0.39, 0.29) is 17.1 Å². The normalized spacial score (nSPS) is 11.9. The van der Waals surface area contributed by atoms with Crippen LogP contribution in [0.1, 0.15) is 5.56 Å². The Balaban J connectivity index is 1.74. The SMILES string of the molecule is N#Cc1ccc(NC(=O)[C@@H](O)Cn2cc(F)c3ccccc32)cc1Cl. The van der Waals surface area contributed by atoms with Crippen LogP contribution in [0.25, 0.3) is 10.9 Å². The van der Waals surface area contributed by atoms with E-state index in [1.54, 1.807) is 24.3 Å². The number of aliphatic hydroxyl groups excluding tert-OH is 1. The molecular formula is C18H13ClFN3O2. The molecule has 1 aromatic heterocycles. The van der Waals surface area contributed by atoms with Crippen molar-refractivity contribution in [3.05, 3.63) is 65.1 Å². The monoisotopic (exact) mass is 357 g/mol. The lowest BCUT2D eigenvalue weighted by Crippen LogP contribution is -2.31. The zero-order valence-electron chi connectivity index (χ0n) is 12.9. The van der Waals surface area contributed by atoms with Crippen LogP contribution in [-0.2, 0) is 11.3 Å². The fraction of sp³-hybridized carbons (Fsp3) is 0.111. The number of halogens is 2. The van der Waals surface area contributed by atoms with Crippen LogP contribution in [0.4, 0.5) is 10.1 Å². The second kappa shape index (κ2) is 6.93. The number of aliphatic hydroxyl groups is 1. The van der Waals surface area contributed by atoms with E-state index in [0.29, 0.717) is 16.6 Å². The van der Waals surface area contributed by atoms with Gasteiger partial charge in [-0.25, -0.2) is 4.39 Å². The molecule has 0 fully saturated rings. The minimum absolute atomic E-state index is 0.0969. The smallest absolute Gasteiger partial charge is 0.255 e. The standard InChI is InChI=1S/C18H13ClFN3O2/c19-14-7-12(6-5-11(14)8-21)22-18(25)17(24)10-23-9-15(20)13-3-1-2-4-16(13)23/h1-7,9,17,24H,10H2,(H,22,25)/t17-/m0/s1. The van der Waals surface area contributed by atoms with Gasteiger partial charge in [0.05, 0.1) is 22.6 Å². The van der Waals surface area contributed by atoms with Crippen LogP contribution in [-0.4, -0.2) is 21.7 Å². The summed E-state index contributed by atoms with van der Waals surface area (Å²) in [5, 5.41) is 22.1. The first-order valence-corrected chi connectivity index (χ1v) is 7.79. The summed E-state index contributed by atoms with van der Waals surface area (Å²) < 4.78 is 15.4. The topological polar surface area (TPSA) is 78.1 Å². The number of nitriles is 1. The van der Waals surface area contributed by atoms with Crippen LogP contribution >= 0.6 is 11.6 Å². The number of aromatic nitrogens is 1. The van der Waals surface area contributed by atoms with Crippen LogP contribution in [0.5, 0.6) is 0 Å². The number of amides is 1. The van der Waals surface area contributed by atoms with Crippen molar-refractivity contribution in [2.24, 2.45) is 0 Å². The third kappa shape index (κ3) is 3.48. The molecule has 0 radical (unpaired) electrons. The van der Waals surface area contributed by atoms with Gasteiger partial charge in [0.2, 0.25) is 0 Å². The van der Waals surface area contributed by atoms with Crippen molar-refractivity contribution in [1.82, 2.24) is 4.57 Å². The minimum Gasteiger partial charge on any atom is -0.381 e. The number of anilines is 1. The van der Waals surface area contributed by atoms with Crippen molar-refractivity contribution in [3.8, 4) is 6.07 Å². The highest BCUT2D eigenvalue weighted by Gasteiger charge is 2.18. The number of nitrogens with one attached hydrogen (secondary N) is 1. The van der Waals surface area contributed by atoms with Crippen LogP contribution < -0.4 is 5.32 Å². The van der Waals surface area contributed by atoms with Gasteiger partial charge in [-0.3, -0.25) is 4.79 Å². The van der Waals surface area contributed by atoms with Gasteiger partial charge in [0.1, 0.15) is 11.9 Å². The van der Waals surface area contributed by atoms with Gasteiger partial charge in [-0.2, -0.15) is 5.26 Å². The number of benzene rings is 2. The molecule has 1 heterocycles. The lowest BCUT2D eigenvalue weighted by atomic mass is 10.2. The van der Waals surface area contributed by atoms with Gasteiger partial charge in [0.25, 0.3) is 5.91 Å². The van der Waals surface area contributed by atoms with Crippen LogP contribution in [0.2, 0.25) is 5.02 Å². The summed E-state index contributed by atoms with van der Waals surface area (Å²) in [4.78, 5) is 12.1. The Kier molecular flexibility index (Phi) is 4.70. The van der Waals surface area contributed by atoms with Crippen molar-refractivity contribution < 1.29 is 14.3 Å². The maximum atomic E-state index is 13.9. The average Bonchev–Trinajstić information content (AvgIpc) is 2.91. The predicted molar refractivity (Wildman–Crippen MR) is 92.7 cm³/mol. The molecule has 2 aromatic carbocycles. The number of carbonyl (C=O) groups is 1. The fourth-order valence-electron chi connectivity index (χ4n) is 2.53. The lowest BCUT2D eigenvalue weighted by Gasteiger charge is -2.13. The molecule has 5 nitrogen and oxygen atoms in total. The van der Waals surface area contributed by atoms with E-state index >= 15 is 0 Å². The molecule has 2 N–H and O–H groups in total. The van der Waals surface area contributed by atoms with Crippen LogP contribution in [0.3, 0.4) is 0 Å². The molecule has 0 aliphatic heterocycles. The average molecular weight is 358 g/mol. The molecule has 126 valence electrons. The number of hydrogen-bond donors (Lipinski definition) is 2. The van der Waals surface area contributed by atoms with Crippen molar-refractivity contribution >= 4 is 34.1 Å². The van der Waals surface area contributed by atoms with Gasteiger partial charge in [0, 0.05) is 17.3 Å². The van der Waals surface area contributed by atoms with E-state index in [4.69, 9.17) is 16.9 Å². The molecule has 0 aliphatic carbocycles. The van der Waals surface area contributed by atoms with E-state index < -0.39 is 17.8 Å². The van der Waals surface area contributed by atoms with Gasteiger partial charge >= 0.3 is 0 Å². The van der Waals surface area contributed by atoms with Gasteiger partial charge in [-0.1, -0.05) is 23.7 Å². The molecule has 0 bridgehead atoms. The van der Waals surface area contributed by atoms with Gasteiger partial charge in [-0.05, 0) is 30.3 Å². The van der Waals surface area contributed by atoms with Crippen LogP contribution in [0, 0.1) is 17.1 Å². The Morgan fingerprint density at radius 2 is 2.12 bits per heavy atom. The molecule has 3 aromatic rings. The third-order valence-electron chi connectivity index (χ3n) is 3.77. The largest absolute Gasteiger partial charge is 0.381 e. The highest BCUT2D eigenvalue weighted by atomic mass is 35.5. The molecule has 1 amide bonds. The van der Waals surface area contributed by atoms with Crippen molar-refractivity contribution in [3.63, 3.8) is 0 Å². The van der Waals surface area contributed by atoms with Gasteiger partial charge in [0.15, 0.2) is 6.10 Å². The number of nitrogens with zero attached hydrogens (tertiary/aromatic N) is 2. The number of fused-ring (bicyclic) bond motifs is 1. The summed E-state index contributed by atoms with van der Waals surface area (Å²) in [6.45, 7) is -0.0969. The van der Waals surface area contributed by atoms with Crippen LogP contribution in [0.15, 0.2) is 48.7 Å². The number of carbonyl (C=O) groups excluding carboxylic acids is 1. The summed E-state index contributed by atoms with van der Waals surface area (Å²) in [6.07, 6.45) is -0.135. The van der Waals surface area contributed by atoms with E-state index in [9.17, 15) is 14.3 Å². The van der Waals surface area contributed by atoms with Gasteiger partial charge < -0.3 is 15.0 Å². The van der Waals surface area contributed by atoms with Gasteiger partial charge in [-0.15, -0.1) is 0 Å². The summed E-state index contributed by atoms with van der Waals surface area (Å²) in [5.41, 5.74) is 1.24. The molecular weight excluding hydrogens is 345 g/mol. The molecule has 25 heavy (non-hydrogen) atoms. The minimum atomic E-state index is -1.38. The van der Waals surface area contributed by atoms with E-state index in [0.717, 1.165) is 0 Å². The number of hydrogen-bond acceptors (Lipinski definition) is 3.